The highest BCUT2D eigenvalue weighted by Gasteiger charge is 2.18. The first-order valence-corrected chi connectivity index (χ1v) is 9.01. The van der Waals surface area contributed by atoms with E-state index in [0.717, 1.165) is 0 Å². The smallest absolute Gasteiger partial charge is 0.262 e. The van der Waals surface area contributed by atoms with Crippen molar-refractivity contribution >= 4 is 31.6 Å². The van der Waals surface area contributed by atoms with Crippen molar-refractivity contribution in [2.45, 2.75) is 11.8 Å². The fourth-order valence-corrected chi connectivity index (χ4v) is 3.44. The molecule has 0 spiro atoms. The summed E-state index contributed by atoms with van der Waals surface area (Å²) in [6, 6.07) is 10.1. The third-order valence-electron chi connectivity index (χ3n) is 3.11. The lowest BCUT2D eigenvalue weighted by Gasteiger charge is -2.09. The molecule has 0 aliphatic heterocycles. The first-order chi connectivity index (χ1) is 11.3. The molecule has 24 heavy (non-hydrogen) atoms. The van der Waals surface area contributed by atoms with E-state index in [1.807, 2.05) is 0 Å². The molecule has 3 aromatic rings. The van der Waals surface area contributed by atoms with E-state index in [4.69, 9.17) is 4.52 Å². The van der Waals surface area contributed by atoms with E-state index >= 15 is 0 Å². The highest BCUT2D eigenvalue weighted by molar-refractivity contribution is 9.10. The zero-order chi connectivity index (χ0) is 17.3. The third kappa shape index (κ3) is 3.46. The Kier molecular flexibility index (Phi) is 4.37. The third-order valence-corrected chi connectivity index (χ3v) is 4.96. The number of aryl methyl sites for hydroxylation is 1. The second-order valence-corrected chi connectivity index (χ2v) is 7.49. The summed E-state index contributed by atoms with van der Waals surface area (Å²) in [6.45, 7) is 1.63. The largest absolute Gasteiger partial charge is 0.339 e. The van der Waals surface area contributed by atoms with Crippen LogP contribution in [-0.2, 0) is 10.0 Å². The maximum atomic E-state index is 13.9. The number of benzene rings is 2. The van der Waals surface area contributed by atoms with Gasteiger partial charge in [0.1, 0.15) is 5.82 Å². The van der Waals surface area contributed by atoms with Gasteiger partial charge in [-0.2, -0.15) is 4.98 Å². The van der Waals surface area contributed by atoms with E-state index in [-0.39, 0.29) is 16.4 Å². The van der Waals surface area contributed by atoms with Crippen LogP contribution in [0.4, 0.5) is 10.1 Å². The molecule has 1 aromatic heterocycles. The van der Waals surface area contributed by atoms with Crippen molar-refractivity contribution in [1.29, 1.82) is 0 Å². The van der Waals surface area contributed by atoms with Gasteiger partial charge in [0.05, 0.1) is 10.6 Å². The highest BCUT2D eigenvalue weighted by Crippen LogP contribution is 2.24. The van der Waals surface area contributed by atoms with E-state index in [1.165, 1.54) is 24.3 Å². The number of hydrogen-bond donors (Lipinski definition) is 1. The molecule has 0 aliphatic carbocycles. The van der Waals surface area contributed by atoms with E-state index in [0.29, 0.717) is 15.9 Å². The minimum Gasteiger partial charge on any atom is -0.339 e. The quantitative estimate of drug-likeness (QED) is 0.706. The van der Waals surface area contributed by atoms with Gasteiger partial charge in [0.15, 0.2) is 0 Å². The van der Waals surface area contributed by atoms with Gasteiger partial charge in [0, 0.05) is 17.0 Å². The number of rotatable bonds is 4. The van der Waals surface area contributed by atoms with Crippen LogP contribution in [0.25, 0.3) is 11.4 Å². The average Bonchev–Trinajstić information content (AvgIpc) is 2.97. The Morgan fingerprint density at radius 1 is 1.21 bits per heavy atom. The molecule has 0 radical (unpaired) electrons. The molecule has 0 amide bonds. The molecular weight excluding hydrogens is 401 g/mol. The molecule has 1 N–H and O–H groups in total. The van der Waals surface area contributed by atoms with Crippen LogP contribution >= 0.6 is 15.9 Å². The average molecular weight is 412 g/mol. The molecule has 0 saturated heterocycles. The lowest BCUT2D eigenvalue weighted by molar-refractivity contribution is 0.394. The summed E-state index contributed by atoms with van der Waals surface area (Å²) in [5.41, 5.74) is 0.338. The van der Waals surface area contributed by atoms with Gasteiger partial charge in [-0.05, 0) is 30.3 Å². The van der Waals surface area contributed by atoms with Crippen molar-refractivity contribution in [3.8, 4) is 11.4 Å². The van der Waals surface area contributed by atoms with Gasteiger partial charge in [-0.3, -0.25) is 4.72 Å². The van der Waals surface area contributed by atoms with Crippen LogP contribution in [0.15, 0.2) is 56.4 Å². The normalized spacial score (nSPS) is 11.5. The van der Waals surface area contributed by atoms with Gasteiger partial charge in [-0.25, -0.2) is 12.8 Å². The number of hydrogen-bond acceptors (Lipinski definition) is 5. The Morgan fingerprint density at radius 3 is 2.67 bits per heavy atom. The fourth-order valence-electron chi connectivity index (χ4n) is 1.99. The zero-order valence-corrected chi connectivity index (χ0v) is 14.7. The fraction of sp³-hybridized carbons (Fsp3) is 0.0667. The van der Waals surface area contributed by atoms with Crippen LogP contribution in [0, 0.1) is 12.7 Å². The Bertz CT molecular complexity index is 1000. The van der Waals surface area contributed by atoms with Crippen LogP contribution in [-0.4, -0.2) is 18.6 Å². The second-order valence-electron chi connectivity index (χ2n) is 4.89. The molecule has 0 atom stereocenters. The van der Waals surface area contributed by atoms with Gasteiger partial charge in [-0.15, -0.1) is 0 Å². The lowest BCUT2D eigenvalue weighted by Crippen LogP contribution is -2.14. The van der Waals surface area contributed by atoms with Crippen LogP contribution in [0.2, 0.25) is 0 Å². The van der Waals surface area contributed by atoms with Crippen molar-refractivity contribution in [1.82, 2.24) is 10.1 Å². The SMILES string of the molecule is Cc1nc(-c2cccc(S(=O)(=O)Nc3ccc(Br)cc3F)c2)no1. The molecule has 3 rings (SSSR count). The topological polar surface area (TPSA) is 85.1 Å². The summed E-state index contributed by atoms with van der Waals surface area (Å²) in [5, 5.41) is 3.75. The van der Waals surface area contributed by atoms with Crippen LogP contribution in [0.1, 0.15) is 5.89 Å². The summed E-state index contributed by atoms with van der Waals surface area (Å²) >= 11 is 3.12. The molecule has 2 aromatic carbocycles. The summed E-state index contributed by atoms with van der Waals surface area (Å²) in [5.74, 6) is -0.0365. The monoisotopic (exact) mass is 411 g/mol. The molecule has 6 nitrogen and oxygen atoms in total. The van der Waals surface area contributed by atoms with Crippen LogP contribution < -0.4 is 4.72 Å². The maximum Gasteiger partial charge on any atom is 0.262 e. The molecule has 9 heteroatoms. The van der Waals surface area contributed by atoms with E-state index in [1.54, 1.807) is 25.1 Å². The van der Waals surface area contributed by atoms with Gasteiger partial charge in [0.25, 0.3) is 10.0 Å². The molecular formula is C15H11BrFN3O3S. The molecule has 0 unspecified atom stereocenters. The van der Waals surface area contributed by atoms with Crippen molar-refractivity contribution in [2.75, 3.05) is 4.72 Å². The number of sulfonamides is 1. The summed E-state index contributed by atoms with van der Waals surface area (Å²) in [4.78, 5) is 4.02. The molecule has 0 bridgehead atoms. The second kappa shape index (κ2) is 6.33. The predicted molar refractivity (Wildman–Crippen MR) is 89.4 cm³/mol. The van der Waals surface area contributed by atoms with Crippen molar-refractivity contribution < 1.29 is 17.3 Å². The van der Waals surface area contributed by atoms with Crippen molar-refractivity contribution in [3.05, 3.63) is 58.6 Å². The number of anilines is 1. The van der Waals surface area contributed by atoms with Gasteiger partial charge in [-0.1, -0.05) is 33.2 Å². The Labute approximate surface area is 145 Å². The minimum atomic E-state index is -3.96. The van der Waals surface area contributed by atoms with Gasteiger partial charge < -0.3 is 4.52 Å². The molecule has 0 fully saturated rings. The number of aromatic nitrogens is 2. The van der Waals surface area contributed by atoms with Gasteiger partial charge in [0.2, 0.25) is 11.7 Å². The summed E-state index contributed by atoms with van der Waals surface area (Å²) < 4.78 is 46.4. The van der Waals surface area contributed by atoms with E-state index in [2.05, 4.69) is 30.8 Å². The van der Waals surface area contributed by atoms with Crippen molar-refractivity contribution in [2.24, 2.45) is 0 Å². The number of halogens is 2. The standard InChI is InChI=1S/C15H11BrFN3O3S/c1-9-18-15(19-23-9)10-3-2-4-12(7-10)24(21,22)20-14-6-5-11(16)8-13(14)17/h2-8,20H,1H3. The van der Waals surface area contributed by atoms with Crippen LogP contribution in [0.5, 0.6) is 0 Å². The Hall–Kier alpha value is -2.26. The Morgan fingerprint density at radius 2 is 2.00 bits per heavy atom. The molecule has 0 saturated carbocycles. The minimum absolute atomic E-state index is 0.0372. The number of nitrogens with one attached hydrogen (secondary N) is 1. The van der Waals surface area contributed by atoms with E-state index < -0.39 is 15.8 Å². The zero-order valence-electron chi connectivity index (χ0n) is 12.3. The highest BCUT2D eigenvalue weighted by atomic mass is 79.9. The lowest BCUT2D eigenvalue weighted by atomic mass is 10.2. The van der Waals surface area contributed by atoms with Gasteiger partial charge >= 0.3 is 0 Å². The Balaban J connectivity index is 1.95. The van der Waals surface area contributed by atoms with Crippen molar-refractivity contribution in [3.63, 3.8) is 0 Å². The number of nitrogens with zero attached hydrogens (tertiary/aromatic N) is 2. The predicted octanol–water partition coefficient (Wildman–Crippen LogP) is 3.75. The maximum absolute atomic E-state index is 13.9. The summed E-state index contributed by atoms with van der Waals surface area (Å²) in [6.07, 6.45) is 0. The summed E-state index contributed by atoms with van der Waals surface area (Å²) in [7, 11) is -3.96. The van der Waals surface area contributed by atoms with Crippen LogP contribution in [0.3, 0.4) is 0 Å². The molecule has 124 valence electrons. The van der Waals surface area contributed by atoms with E-state index in [9.17, 15) is 12.8 Å². The first-order valence-electron chi connectivity index (χ1n) is 6.74. The molecule has 0 aliphatic rings. The molecule has 1 heterocycles. The first kappa shape index (κ1) is 16.6.